The van der Waals surface area contributed by atoms with E-state index in [2.05, 4.69) is 15.6 Å². The number of urea groups is 1. The van der Waals surface area contributed by atoms with E-state index in [1.807, 2.05) is 29.2 Å². The number of halogens is 3. The maximum atomic E-state index is 12.6. The number of methoxy groups -OCH3 is 1. The second-order valence-electron chi connectivity index (χ2n) is 6.84. The molecule has 1 aromatic carbocycles. The number of nitrogens with zero attached hydrogens (tertiary/aromatic N) is 2. The number of carbonyl (C=O) groups excluding carboxylic acids is 1. The van der Waals surface area contributed by atoms with Crippen molar-refractivity contribution >= 4 is 11.8 Å². The monoisotopic (exact) mass is 408 g/mol. The van der Waals surface area contributed by atoms with Gasteiger partial charge in [0.2, 0.25) is 0 Å². The van der Waals surface area contributed by atoms with Gasteiger partial charge in [0.15, 0.2) is 0 Å². The van der Waals surface area contributed by atoms with Gasteiger partial charge >= 0.3 is 12.2 Å². The van der Waals surface area contributed by atoms with Gasteiger partial charge in [0.1, 0.15) is 11.6 Å². The molecule has 156 valence electrons. The van der Waals surface area contributed by atoms with Crippen molar-refractivity contribution in [3.05, 3.63) is 53.7 Å². The third kappa shape index (κ3) is 5.75. The van der Waals surface area contributed by atoms with Crippen molar-refractivity contribution in [3.63, 3.8) is 0 Å². The predicted molar refractivity (Wildman–Crippen MR) is 103 cm³/mol. The van der Waals surface area contributed by atoms with E-state index in [4.69, 9.17) is 4.74 Å². The molecule has 0 saturated carbocycles. The molecule has 2 amide bonds. The molecule has 0 aliphatic carbocycles. The standard InChI is InChI=1S/C20H23F3N4O2/c1-29-17-4-2-3-14(11-17)12-25-19(28)26-16-7-9-27(10-8-16)18-6-5-15(13-24-18)20(21,22)23/h2-6,11,13,16H,7-10,12H2,1H3,(H2,25,26,28). The average molecular weight is 408 g/mol. The van der Waals surface area contributed by atoms with Crippen LogP contribution < -0.4 is 20.3 Å². The van der Waals surface area contributed by atoms with E-state index in [0.717, 1.165) is 23.6 Å². The van der Waals surface area contributed by atoms with Gasteiger partial charge in [-0.05, 0) is 42.7 Å². The lowest BCUT2D eigenvalue weighted by molar-refractivity contribution is -0.137. The molecule has 0 spiro atoms. The quantitative estimate of drug-likeness (QED) is 0.794. The van der Waals surface area contributed by atoms with Gasteiger partial charge in [-0.3, -0.25) is 0 Å². The SMILES string of the molecule is COc1cccc(CNC(=O)NC2CCN(c3ccc(C(F)(F)F)cn3)CC2)c1. The summed E-state index contributed by atoms with van der Waals surface area (Å²) < 4.78 is 43.1. The highest BCUT2D eigenvalue weighted by Gasteiger charge is 2.31. The smallest absolute Gasteiger partial charge is 0.417 e. The molecule has 1 aliphatic rings. The van der Waals surface area contributed by atoms with Crippen molar-refractivity contribution in [2.45, 2.75) is 31.6 Å². The van der Waals surface area contributed by atoms with Gasteiger partial charge in [-0.1, -0.05) is 12.1 Å². The molecule has 29 heavy (non-hydrogen) atoms. The molecule has 1 aliphatic heterocycles. The van der Waals surface area contributed by atoms with Gasteiger partial charge < -0.3 is 20.3 Å². The van der Waals surface area contributed by atoms with Crippen molar-refractivity contribution in [1.82, 2.24) is 15.6 Å². The number of anilines is 1. The Hall–Kier alpha value is -2.97. The zero-order valence-corrected chi connectivity index (χ0v) is 16.0. The number of rotatable bonds is 5. The Morgan fingerprint density at radius 2 is 2.00 bits per heavy atom. The Kier molecular flexibility index (Phi) is 6.46. The molecular formula is C20H23F3N4O2. The van der Waals surface area contributed by atoms with Crippen molar-refractivity contribution in [1.29, 1.82) is 0 Å². The topological polar surface area (TPSA) is 66.5 Å². The third-order valence-corrected chi connectivity index (χ3v) is 4.82. The Labute approximate surface area is 167 Å². The molecule has 2 aromatic rings. The molecule has 9 heteroatoms. The summed E-state index contributed by atoms with van der Waals surface area (Å²) in [4.78, 5) is 18.0. The Bertz CT molecular complexity index is 819. The third-order valence-electron chi connectivity index (χ3n) is 4.82. The Balaban J connectivity index is 1.44. The number of piperidine rings is 1. The van der Waals surface area contributed by atoms with Crippen LogP contribution in [0.3, 0.4) is 0 Å². The van der Waals surface area contributed by atoms with Crippen molar-refractivity contribution < 1.29 is 22.7 Å². The number of ether oxygens (including phenoxy) is 1. The summed E-state index contributed by atoms with van der Waals surface area (Å²) >= 11 is 0. The zero-order valence-electron chi connectivity index (χ0n) is 16.0. The summed E-state index contributed by atoms with van der Waals surface area (Å²) in [5, 5.41) is 5.76. The Morgan fingerprint density at radius 3 is 2.62 bits per heavy atom. The fourth-order valence-electron chi connectivity index (χ4n) is 3.19. The van der Waals surface area contributed by atoms with Crippen LogP contribution in [0.1, 0.15) is 24.0 Å². The lowest BCUT2D eigenvalue weighted by Gasteiger charge is -2.33. The first-order valence-corrected chi connectivity index (χ1v) is 9.30. The van der Waals surface area contributed by atoms with Gasteiger partial charge in [0, 0.05) is 31.9 Å². The van der Waals surface area contributed by atoms with Crippen molar-refractivity contribution in [2.75, 3.05) is 25.1 Å². The zero-order chi connectivity index (χ0) is 20.9. The number of alkyl halides is 3. The molecule has 2 N–H and O–H groups in total. The van der Waals surface area contributed by atoms with Crippen LogP contribution in [0.5, 0.6) is 5.75 Å². The van der Waals surface area contributed by atoms with E-state index >= 15 is 0 Å². The van der Waals surface area contributed by atoms with Crippen LogP contribution in [0.25, 0.3) is 0 Å². The highest BCUT2D eigenvalue weighted by Crippen LogP contribution is 2.29. The van der Waals surface area contributed by atoms with Gasteiger partial charge in [0.05, 0.1) is 12.7 Å². The van der Waals surface area contributed by atoms with Crippen molar-refractivity contribution in [3.8, 4) is 5.75 Å². The first kappa shape index (κ1) is 20.8. The van der Waals surface area contributed by atoms with E-state index in [-0.39, 0.29) is 12.1 Å². The fraction of sp³-hybridized carbons (Fsp3) is 0.400. The molecule has 0 bridgehead atoms. The second-order valence-corrected chi connectivity index (χ2v) is 6.84. The lowest BCUT2D eigenvalue weighted by atomic mass is 10.1. The molecule has 2 heterocycles. The van der Waals surface area contributed by atoms with Gasteiger partial charge in [-0.2, -0.15) is 13.2 Å². The number of nitrogens with one attached hydrogen (secondary N) is 2. The number of hydrogen-bond donors (Lipinski definition) is 2. The maximum absolute atomic E-state index is 12.6. The number of aromatic nitrogens is 1. The first-order chi connectivity index (χ1) is 13.8. The molecular weight excluding hydrogens is 385 g/mol. The first-order valence-electron chi connectivity index (χ1n) is 9.30. The highest BCUT2D eigenvalue weighted by atomic mass is 19.4. The number of pyridine rings is 1. The molecule has 0 atom stereocenters. The summed E-state index contributed by atoms with van der Waals surface area (Å²) in [5.74, 6) is 1.24. The summed E-state index contributed by atoms with van der Waals surface area (Å²) in [5.41, 5.74) is 0.174. The maximum Gasteiger partial charge on any atom is 0.417 e. The minimum absolute atomic E-state index is 0.00556. The average Bonchev–Trinajstić information content (AvgIpc) is 2.72. The highest BCUT2D eigenvalue weighted by molar-refractivity contribution is 5.74. The number of carbonyl (C=O) groups is 1. The molecule has 6 nitrogen and oxygen atoms in total. The second kappa shape index (κ2) is 9.02. The van der Waals surface area contributed by atoms with Crippen LogP contribution in [0, 0.1) is 0 Å². The molecule has 0 unspecified atom stereocenters. The predicted octanol–water partition coefficient (Wildman–Crippen LogP) is 3.58. The van der Waals surface area contributed by atoms with Gasteiger partial charge in [0.25, 0.3) is 0 Å². The van der Waals surface area contributed by atoms with Crippen LogP contribution in [-0.4, -0.2) is 37.3 Å². The van der Waals surface area contributed by atoms with Crippen molar-refractivity contribution in [2.24, 2.45) is 0 Å². The van der Waals surface area contributed by atoms with E-state index in [1.54, 1.807) is 7.11 Å². The van der Waals surface area contributed by atoms with E-state index in [0.29, 0.717) is 38.3 Å². The normalized spacial score (nSPS) is 15.1. The fourth-order valence-corrected chi connectivity index (χ4v) is 3.19. The molecule has 0 radical (unpaired) electrons. The van der Waals surface area contributed by atoms with Crippen LogP contribution in [0.4, 0.5) is 23.8 Å². The van der Waals surface area contributed by atoms with Crippen LogP contribution in [0.15, 0.2) is 42.6 Å². The number of amides is 2. The number of benzene rings is 1. The van der Waals surface area contributed by atoms with E-state index in [9.17, 15) is 18.0 Å². The minimum Gasteiger partial charge on any atom is -0.497 e. The molecule has 1 fully saturated rings. The molecule has 1 aromatic heterocycles. The van der Waals surface area contributed by atoms with Gasteiger partial charge in [-0.15, -0.1) is 0 Å². The summed E-state index contributed by atoms with van der Waals surface area (Å²) in [6, 6.07) is 9.64. The van der Waals surface area contributed by atoms with E-state index < -0.39 is 11.7 Å². The Morgan fingerprint density at radius 1 is 1.24 bits per heavy atom. The van der Waals surface area contributed by atoms with Crippen LogP contribution >= 0.6 is 0 Å². The largest absolute Gasteiger partial charge is 0.497 e. The molecule has 1 saturated heterocycles. The summed E-state index contributed by atoms with van der Waals surface area (Å²) in [6.07, 6.45) is -2.16. The van der Waals surface area contributed by atoms with Gasteiger partial charge in [-0.25, -0.2) is 9.78 Å². The summed E-state index contributed by atoms with van der Waals surface area (Å²) in [7, 11) is 1.59. The number of hydrogen-bond acceptors (Lipinski definition) is 4. The van der Waals surface area contributed by atoms with E-state index in [1.165, 1.54) is 6.07 Å². The summed E-state index contributed by atoms with van der Waals surface area (Å²) in [6.45, 7) is 1.61. The van der Waals surface area contributed by atoms with Crippen LogP contribution in [-0.2, 0) is 12.7 Å². The van der Waals surface area contributed by atoms with Crippen LogP contribution in [0.2, 0.25) is 0 Å². The minimum atomic E-state index is -4.39. The lowest BCUT2D eigenvalue weighted by Crippen LogP contribution is -2.48. The molecule has 3 rings (SSSR count).